The van der Waals surface area contributed by atoms with E-state index in [0.717, 1.165) is 12.5 Å². The van der Waals surface area contributed by atoms with Crippen molar-refractivity contribution in [2.75, 3.05) is 13.6 Å². The van der Waals surface area contributed by atoms with Crippen LogP contribution in [0.1, 0.15) is 53.9 Å². The monoisotopic (exact) mass is 229 g/mol. The lowest BCUT2D eigenvalue weighted by atomic mass is 9.73. The van der Waals surface area contributed by atoms with Crippen molar-refractivity contribution in [3.05, 3.63) is 34.4 Å². The van der Waals surface area contributed by atoms with Crippen LogP contribution in [0.5, 0.6) is 0 Å². The van der Waals surface area contributed by atoms with Gasteiger partial charge in [-0.15, -0.1) is 0 Å². The molecule has 0 fully saturated rings. The van der Waals surface area contributed by atoms with Crippen molar-refractivity contribution in [3.8, 4) is 0 Å². The van der Waals surface area contributed by atoms with E-state index < -0.39 is 0 Å². The highest BCUT2D eigenvalue weighted by atomic mass is 14.8. The van der Waals surface area contributed by atoms with E-state index in [2.05, 4.69) is 17.4 Å². The highest BCUT2D eigenvalue weighted by Crippen LogP contribution is 2.41. The lowest BCUT2D eigenvalue weighted by molar-refractivity contribution is 0.476. The summed E-state index contributed by atoms with van der Waals surface area (Å²) in [6, 6.07) is 4.99. The minimum Gasteiger partial charge on any atom is -0.319 e. The number of hydrogen-bond acceptors (Lipinski definition) is 1. The summed E-state index contributed by atoms with van der Waals surface area (Å²) in [5.74, 6) is 0.904. The third-order valence-corrected chi connectivity index (χ3v) is 4.48. The van der Waals surface area contributed by atoms with Crippen molar-refractivity contribution < 1.29 is 0 Å². The van der Waals surface area contributed by atoms with Crippen molar-refractivity contribution in [1.82, 2.24) is 5.32 Å². The lowest BCUT2D eigenvalue weighted by Crippen LogP contribution is -2.18. The first-order chi connectivity index (χ1) is 8.38. The molecule has 1 nitrogen and oxygen atoms in total. The van der Waals surface area contributed by atoms with Gasteiger partial charge in [0, 0.05) is 0 Å². The topological polar surface area (TPSA) is 12.0 Å². The van der Waals surface area contributed by atoms with Gasteiger partial charge >= 0.3 is 0 Å². The van der Waals surface area contributed by atoms with Crippen LogP contribution in [0.15, 0.2) is 12.1 Å². The second-order valence-corrected chi connectivity index (χ2v) is 5.66. The van der Waals surface area contributed by atoms with E-state index in [1.165, 1.54) is 44.9 Å². The Morgan fingerprint density at radius 1 is 1.12 bits per heavy atom. The molecule has 1 aromatic carbocycles. The molecule has 17 heavy (non-hydrogen) atoms. The summed E-state index contributed by atoms with van der Waals surface area (Å²) in [6.45, 7) is 1.10. The fourth-order valence-electron chi connectivity index (χ4n) is 3.71. The number of hydrogen-bond donors (Lipinski definition) is 1. The maximum atomic E-state index is 3.26. The maximum absolute atomic E-state index is 3.26. The van der Waals surface area contributed by atoms with Gasteiger partial charge in [-0.2, -0.15) is 0 Å². The Bertz CT molecular complexity index is 377. The number of aryl methyl sites for hydroxylation is 2. The van der Waals surface area contributed by atoms with Crippen molar-refractivity contribution in [2.45, 2.75) is 50.9 Å². The van der Waals surface area contributed by atoms with Crippen LogP contribution >= 0.6 is 0 Å². The van der Waals surface area contributed by atoms with E-state index in [1.54, 1.807) is 22.3 Å². The van der Waals surface area contributed by atoms with E-state index >= 15 is 0 Å². The summed E-state index contributed by atoms with van der Waals surface area (Å²) in [6.07, 6.45) is 9.53. The molecule has 0 heterocycles. The molecule has 2 aliphatic carbocycles. The van der Waals surface area contributed by atoms with Gasteiger partial charge in [0.25, 0.3) is 0 Å². The largest absolute Gasteiger partial charge is 0.319 e. The van der Waals surface area contributed by atoms with Gasteiger partial charge in [0.15, 0.2) is 0 Å². The molecular weight excluding hydrogens is 206 g/mol. The predicted octanol–water partition coefficient (Wildman–Crippen LogP) is 3.20. The Balaban J connectivity index is 1.96. The van der Waals surface area contributed by atoms with E-state index in [-0.39, 0.29) is 0 Å². The van der Waals surface area contributed by atoms with Gasteiger partial charge in [-0.05, 0) is 86.7 Å². The van der Waals surface area contributed by atoms with E-state index in [9.17, 15) is 0 Å². The molecule has 0 unspecified atom stereocenters. The molecule has 0 atom stereocenters. The van der Waals surface area contributed by atoms with Gasteiger partial charge < -0.3 is 5.32 Å². The summed E-state index contributed by atoms with van der Waals surface area (Å²) in [7, 11) is 2.04. The molecule has 0 spiro atoms. The first kappa shape index (κ1) is 11.3. The minimum absolute atomic E-state index is 0.904. The van der Waals surface area contributed by atoms with E-state index in [4.69, 9.17) is 0 Å². The first-order valence-electron chi connectivity index (χ1n) is 7.17. The molecule has 0 saturated heterocycles. The summed E-state index contributed by atoms with van der Waals surface area (Å²) >= 11 is 0. The molecule has 92 valence electrons. The molecule has 0 amide bonds. The average Bonchev–Trinajstić information content (AvgIpc) is 2.37. The fraction of sp³-hybridized carbons (Fsp3) is 0.625. The van der Waals surface area contributed by atoms with E-state index in [0.29, 0.717) is 0 Å². The Morgan fingerprint density at radius 3 is 2.35 bits per heavy atom. The maximum Gasteiger partial charge on any atom is -0.00114 e. The van der Waals surface area contributed by atoms with Crippen molar-refractivity contribution >= 4 is 0 Å². The van der Waals surface area contributed by atoms with Crippen LogP contribution in [0.2, 0.25) is 0 Å². The number of benzene rings is 1. The number of nitrogens with one attached hydrogen (secondary N) is 1. The van der Waals surface area contributed by atoms with Gasteiger partial charge in [0.2, 0.25) is 0 Å². The Labute approximate surface area is 105 Å². The molecule has 3 rings (SSSR count). The summed E-state index contributed by atoms with van der Waals surface area (Å²) in [5, 5.41) is 3.26. The van der Waals surface area contributed by atoms with Gasteiger partial charge in [-0.3, -0.25) is 0 Å². The van der Waals surface area contributed by atoms with Crippen molar-refractivity contribution in [1.29, 1.82) is 0 Å². The van der Waals surface area contributed by atoms with Crippen LogP contribution in [0.25, 0.3) is 0 Å². The normalized spacial score (nSPS) is 19.1. The second kappa shape index (κ2) is 4.81. The molecule has 0 aliphatic heterocycles. The van der Waals surface area contributed by atoms with Crippen LogP contribution in [0, 0.1) is 0 Å². The lowest BCUT2D eigenvalue weighted by Gasteiger charge is -2.32. The Hall–Kier alpha value is -0.820. The van der Waals surface area contributed by atoms with Gasteiger partial charge in [0.05, 0.1) is 0 Å². The van der Waals surface area contributed by atoms with Crippen LogP contribution in [-0.4, -0.2) is 13.6 Å². The predicted molar refractivity (Wildman–Crippen MR) is 72.7 cm³/mol. The number of likely N-dealkylation sites (N-methyl/N-ethyl adjacent to an activating group) is 1. The van der Waals surface area contributed by atoms with Crippen LogP contribution < -0.4 is 5.32 Å². The fourth-order valence-corrected chi connectivity index (χ4v) is 3.71. The highest BCUT2D eigenvalue weighted by molar-refractivity contribution is 5.44. The third kappa shape index (κ3) is 2.13. The molecular formula is C16H23N. The third-order valence-electron chi connectivity index (χ3n) is 4.48. The summed E-state index contributed by atoms with van der Waals surface area (Å²) in [4.78, 5) is 0. The average molecular weight is 229 g/mol. The number of rotatable bonds is 3. The molecule has 1 heteroatoms. The van der Waals surface area contributed by atoms with Crippen LogP contribution in [-0.2, 0) is 19.3 Å². The smallest absolute Gasteiger partial charge is 0.00114 e. The van der Waals surface area contributed by atoms with Crippen LogP contribution in [0.3, 0.4) is 0 Å². The molecule has 0 aromatic heterocycles. The summed E-state index contributed by atoms with van der Waals surface area (Å²) in [5.41, 5.74) is 6.68. The molecule has 0 bridgehead atoms. The molecule has 0 radical (unpaired) electrons. The zero-order valence-corrected chi connectivity index (χ0v) is 10.9. The quantitative estimate of drug-likeness (QED) is 0.839. The standard InChI is InChI=1S/C16H23N/c1-17-9-8-12-10-14-6-2-4-13-5-3-7-15(11-12)16(13)14/h10-11,13,17H,2-9H2,1H3. The molecule has 2 aliphatic rings. The van der Waals surface area contributed by atoms with Gasteiger partial charge in [-0.1, -0.05) is 12.1 Å². The summed E-state index contributed by atoms with van der Waals surface area (Å²) < 4.78 is 0. The van der Waals surface area contributed by atoms with Gasteiger partial charge in [-0.25, -0.2) is 0 Å². The Kier molecular flexibility index (Phi) is 3.19. The van der Waals surface area contributed by atoms with Crippen molar-refractivity contribution in [3.63, 3.8) is 0 Å². The second-order valence-electron chi connectivity index (χ2n) is 5.66. The SMILES string of the molecule is CNCCc1cc2c3c(c1)CCCC3CCC2. The van der Waals surface area contributed by atoms with Gasteiger partial charge in [0.1, 0.15) is 0 Å². The highest BCUT2D eigenvalue weighted by Gasteiger charge is 2.26. The zero-order chi connectivity index (χ0) is 11.7. The minimum atomic E-state index is 0.904. The first-order valence-corrected chi connectivity index (χ1v) is 7.17. The van der Waals surface area contributed by atoms with E-state index in [1.807, 2.05) is 7.05 Å². The molecule has 1 N–H and O–H groups in total. The molecule has 0 saturated carbocycles. The van der Waals surface area contributed by atoms with Crippen molar-refractivity contribution in [2.24, 2.45) is 0 Å². The zero-order valence-electron chi connectivity index (χ0n) is 10.9. The Morgan fingerprint density at radius 2 is 1.76 bits per heavy atom. The molecule has 1 aromatic rings. The van der Waals surface area contributed by atoms with Crippen LogP contribution in [0.4, 0.5) is 0 Å².